The maximum Gasteiger partial charge on any atom is 0.305 e. The highest BCUT2D eigenvalue weighted by Gasteiger charge is 2.30. The normalized spacial score (nSPS) is 13.2. The number of hydrogen-bond acceptors (Lipinski definition) is 5. The Labute approximate surface area is 139 Å². The number of carbonyl (C=O) groups excluding carboxylic acids is 1. The molecular weight excluding hydrogens is 312 g/mol. The molecule has 0 saturated heterocycles. The Hall–Kier alpha value is -2.74. The highest BCUT2D eigenvalue weighted by molar-refractivity contribution is 5.92. The van der Waals surface area contributed by atoms with E-state index in [0.29, 0.717) is 6.54 Å². The van der Waals surface area contributed by atoms with E-state index in [2.05, 4.69) is 15.6 Å². The maximum atomic E-state index is 12.3. The van der Waals surface area contributed by atoms with Crippen molar-refractivity contribution in [3.8, 4) is 0 Å². The van der Waals surface area contributed by atoms with E-state index in [1.54, 1.807) is 11.6 Å². The molecule has 8 nitrogen and oxygen atoms in total. The minimum absolute atomic E-state index is 0.0726. The molecule has 2 rings (SSSR count). The summed E-state index contributed by atoms with van der Waals surface area (Å²) in [5, 5.41) is 19.4. The van der Waals surface area contributed by atoms with Gasteiger partial charge in [0.25, 0.3) is 5.91 Å². The highest BCUT2D eigenvalue weighted by Crippen LogP contribution is 2.12. The fourth-order valence-corrected chi connectivity index (χ4v) is 2.37. The van der Waals surface area contributed by atoms with Gasteiger partial charge in [0.1, 0.15) is 0 Å². The van der Waals surface area contributed by atoms with E-state index in [1.807, 2.05) is 30.3 Å². The van der Waals surface area contributed by atoms with E-state index in [0.717, 1.165) is 5.56 Å². The van der Waals surface area contributed by atoms with Crippen molar-refractivity contribution in [3.63, 3.8) is 0 Å². The minimum Gasteiger partial charge on any atom is -0.481 e. The van der Waals surface area contributed by atoms with E-state index in [9.17, 15) is 9.59 Å². The number of nitrogens with one attached hydrogen (secondary N) is 1. The van der Waals surface area contributed by atoms with Gasteiger partial charge >= 0.3 is 5.97 Å². The van der Waals surface area contributed by atoms with E-state index in [1.165, 1.54) is 13.3 Å². The van der Waals surface area contributed by atoms with Gasteiger partial charge in [-0.25, -0.2) is 4.68 Å². The second-order valence-electron chi connectivity index (χ2n) is 5.81. The number of amides is 1. The summed E-state index contributed by atoms with van der Waals surface area (Å²) in [4.78, 5) is 23.3. The van der Waals surface area contributed by atoms with Gasteiger partial charge in [0.2, 0.25) is 0 Å². The number of carboxylic acid groups (broad SMARTS) is 1. The van der Waals surface area contributed by atoms with Crippen molar-refractivity contribution in [2.45, 2.75) is 25.4 Å². The summed E-state index contributed by atoms with van der Waals surface area (Å²) in [6, 6.07) is 9.65. The van der Waals surface area contributed by atoms with Crippen molar-refractivity contribution in [2.24, 2.45) is 0 Å². The first-order valence-corrected chi connectivity index (χ1v) is 7.39. The summed E-state index contributed by atoms with van der Waals surface area (Å²) in [5.41, 5.74) is 0.129. The molecule has 1 atom stereocenters. The molecule has 0 aliphatic heterocycles. The average molecular weight is 332 g/mol. The van der Waals surface area contributed by atoms with Gasteiger partial charge in [-0.1, -0.05) is 35.5 Å². The molecule has 1 aromatic heterocycles. The van der Waals surface area contributed by atoms with Crippen LogP contribution in [-0.2, 0) is 16.1 Å². The van der Waals surface area contributed by atoms with Crippen LogP contribution in [0.15, 0.2) is 36.5 Å². The van der Waals surface area contributed by atoms with Crippen LogP contribution < -0.4 is 5.32 Å². The van der Waals surface area contributed by atoms with Crippen LogP contribution in [0.5, 0.6) is 0 Å². The van der Waals surface area contributed by atoms with Crippen LogP contribution in [0.3, 0.4) is 0 Å². The van der Waals surface area contributed by atoms with Gasteiger partial charge in [0.15, 0.2) is 5.69 Å². The van der Waals surface area contributed by atoms with Gasteiger partial charge in [-0.05, 0) is 12.5 Å². The van der Waals surface area contributed by atoms with E-state index in [-0.39, 0.29) is 18.7 Å². The molecule has 1 heterocycles. The van der Waals surface area contributed by atoms with Crippen molar-refractivity contribution in [1.29, 1.82) is 0 Å². The lowest BCUT2D eigenvalue weighted by Crippen LogP contribution is -2.50. The number of nitrogens with zero attached hydrogens (tertiary/aromatic N) is 3. The van der Waals surface area contributed by atoms with Crippen molar-refractivity contribution >= 4 is 11.9 Å². The molecule has 0 aliphatic rings. The summed E-state index contributed by atoms with van der Waals surface area (Å²) in [6.07, 6.45) is 1.26. The molecule has 0 fully saturated rings. The molecule has 128 valence electrons. The first kappa shape index (κ1) is 17.6. The van der Waals surface area contributed by atoms with Crippen LogP contribution >= 0.6 is 0 Å². The van der Waals surface area contributed by atoms with Crippen molar-refractivity contribution < 1.29 is 19.4 Å². The number of methoxy groups -OCH3 is 1. The predicted octanol–water partition coefficient (Wildman–Crippen LogP) is 0.936. The number of benzene rings is 1. The Morgan fingerprint density at radius 1 is 1.33 bits per heavy atom. The first-order valence-electron chi connectivity index (χ1n) is 7.39. The molecule has 2 N–H and O–H groups in total. The molecule has 1 aromatic carbocycles. The van der Waals surface area contributed by atoms with Gasteiger partial charge in [-0.3, -0.25) is 9.59 Å². The molecule has 0 spiro atoms. The third-order valence-electron chi connectivity index (χ3n) is 3.38. The zero-order valence-corrected chi connectivity index (χ0v) is 13.6. The van der Waals surface area contributed by atoms with E-state index >= 15 is 0 Å². The van der Waals surface area contributed by atoms with Crippen LogP contribution in [0.4, 0.5) is 0 Å². The molecule has 24 heavy (non-hydrogen) atoms. The molecule has 1 amide bonds. The number of rotatable bonds is 8. The quantitative estimate of drug-likeness (QED) is 0.745. The van der Waals surface area contributed by atoms with Crippen LogP contribution in [-0.4, -0.2) is 51.2 Å². The smallest absolute Gasteiger partial charge is 0.305 e. The largest absolute Gasteiger partial charge is 0.481 e. The number of ether oxygens (including phenoxy) is 1. The van der Waals surface area contributed by atoms with Gasteiger partial charge in [-0.15, -0.1) is 5.10 Å². The Morgan fingerprint density at radius 3 is 2.67 bits per heavy atom. The van der Waals surface area contributed by atoms with E-state index in [4.69, 9.17) is 9.84 Å². The Balaban J connectivity index is 2.05. The Bertz CT molecular complexity index is 701. The number of aromatic nitrogens is 3. The molecule has 2 aromatic rings. The standard InChI is InChI=1S/C16H20N4O4/c1-16(11-24-2,8-14(21)22)17-15(23)13-10-20(19-18-13)9-12-6-4-3-5-7-12/h3-7,10H,8-9,11H2,1-2H3,(H,17,23)(H,21,22). The molecule has 0 aliphatic carbocycles. The lowest BCUT2D eigenvalue weighted by molar-refractivity contribution is -0.139. The second-order valence-corrected chi connectivity index (χ2v) is 5.81. The first-order chi connectivity index (χ1) is 11.4. The van der Waals surface area contributed by atoms with Crippen LogP contribution in [0, 0.1) is 0 Å². The van der Waals surface area contributed by atoms with Gasteiger partial charge in [0.05, 0.1) is 31.3 Å². The fourth-order valence-electron chi connectivity index (χ4n) is 2.37. The molecule has 8 heteroatoms. The number of aliphatic carboxylic acids is 1. The summed E-state index contributed by atoms with van der Waals surface area (Å²) in [7, 11) is 1.45. The molecule has 0 bridgehead atoms. The third kappa shape index (κ3) is 4.88. The molecular formula is C16H20N4O4. The third-order valence-corrected chi connectivity index (χ3v) is 3.38. The summed E-state index contributed by atoms with van der Waals surface area (Å²) < 4.78 is 6.56. The van der Waals surface area contributed by atoms with Gasteiger partial charge in [-0.2, -0.15) is 0 Å². The SMILES string of the molecule is COCC(C)(CC(=O)O)NC(=O)c1cn(Cc2ccccc2)nn1. The van der Waals surface area contributed by atoms with Crippen LogP contribution in [0.1, 0.15) is 29.4 Å². The Kier molecular flexibility index (Phi) is 5.64. The van der Waals surface area contributed by atoms with Crippen LogP contribution in [0.2, 0.25) is 0 Å². The lowest BCUT2D eigenvalue weighted by Gasteiger charge is -2.27. The summed E-state index contributed by atoms with van der Waals surface area (Å²) in [6.45, 7) is 2.17. The highest BCUT2D eigenvalue weighted by atomic mass is 16.5. The van der Waals surface area contributed by atoms with Crippen LogP contribution in [0.25, 0.3) is 0 Å². The minimum atomic E-state index is -1.03. The molecule has 0 saturated carbocycles. The molecule has 1 unspecified atom stereocenters. The monoisotopic (exact) mass is 332 g/mol. The number of hydrogen-bond donors (Lipinski definition) is 2. The summed E-state index contributed by atoms with van der Waals surface area (Å²) in [5.74, 6) is -1.52. The van der Waals surface area contributed by atoms with Crippen molar-refractivity contribution in [3.05, 3.63) is 47.8 Å². The van der Waals surface area contributed by atoms with Gasteiger partial charge in [0, 0.05) is 7.11 Å². The second kappa shape index (κ2) is 7.69. The lowest BCUT2D eigenvalue weighted by atomic mass is 9.99. The Morgan fingerprint density at radius 2 is 2.04 bits per heavy atom. The predicted molar refractivity (Wildman–Crippen MR) is 85.6 cm³/mol. The van der Waals surface area contributed by atoms with Crippen molar-refractivity contribution in [2.75, 3.05) is 13.7 Å². The topological polar surface area (TPSA) is 106 Å². The maximum absolute atomic E-state index is 12.3. The van der Waals surface area contributed by atoms with E-state index < -0.39 is 17.4 Å². The zero-order valence-electron chi connectivity index (χ0n) is 13.6. The number of carboxylic acids is 1. The molecule has 0 radical (unpaired) electrons. The zero-order chi connectivity index (χ0) is 17.6. The van der Waals surface area contributed by atoms with Gasteiger partial charge < -0.3 is 15.2 Å². The van der Waals surface area contributed by atoms with Crippen molar-refractivity contribution in [1.82, 2.24) is 20.3 Å². The summed E-state index contributed by atoms with van der Waals surface area (Å²) >= 11 is 0. The fraction of sp³-hybridized carbons (Fsp3) is 0.375. The number of carbonyl (C=O) groups is 2. The average Bonchev–Trinajstić information content (AvgIpc) is 2.96.